The Hall–Kier alpha value is -0.920. The lowest BCUT2D eigenvalue weighted by Crippen LogP contribution is -2.43. The van der Waals surface area contributed by atoms with Crippen molar-refractivity contribution >= 4 is 31.9 Å². The first-order valence-corrected chi connectivity index (χ1v) is 9.12. The van der Waals surface area contributed by atoms with Gasteiger partial charge in [0.15, 0.2) is 0 Å². The van der Waals surface area contributed by atoms with E-state index in [1.165, 1.54) is 6.07 Å². The highest BCUT2D eigenvalue weighted by Crippen LogP contribution is 2.30. The van der Waals surface area contributed by atoms with Gasteiger partial charge in [0.25, 0.3) is 5.91 Å². The van der Waals surface area contributed by atoms with E-state index >= 15 is 0 Å². The molecule has 0 atom stereocenters. The Morgan fingerprint density at radius 2 is 1.90 bits per heavy atom. The molecule has 0 radical (unpaired) electrons. The highest BCUT2D eigenvalue weighted by molar-refractivity contribution is 9.10. The third kappa shape index (κ3) is 3.64. The number of nitrogens with one attached hydrogen (secondary N) is 1. The van der Waals surface area contributed by atoms with Gasteiger partial charge in [0.1, 0.15) is 0 Å². The van der Waals surface area contributed by atoms with Crippen molar-refractivity contribution in [1.29, 1.82) is 0 Å². The minimum absolute atomic E-state index is 0.0291. The van der Waals surface area contributed by atoms with Crippen LogP contribution < -0.4 is 10.5 Å². The van der Waals surface area contributed by atoms with Crippen LogP contribution in [0.2, 0.25) is 0 Å². The Kier molecular flexibility index (Phi) is 4.46. The average Bonchev–Trinajstić information content (AvgIpc) is 2.77. The molecule has 1 fully saturated rings. The molecular weight excluding hydrogens is 356 g/mol. The molecule has 0 saturated heterocycles. The Balaban J connectivity index is 2.36. The van der Waals surface area contributed by atoms with Crippen molar-refractivity contribution < 1.29 is 13.2 Å². The van der Waals surface area contributed by atoms with Crippen molar-refractivity contribution in [3.8, 4) is 0 Å². The molecule has 0 aliphatic heterocycles. The van der Waals surface area contributed by atoms with Gasteiger partial charge in [-0.25, -0.2) is 13.6 Å². The van der Waals surface area contributed by atoms with E-state index in [9.17, 15) is 13.2 Å². The van der Waals surface area contributed by atoms with Crippen LogP contribution in [0, 0.1) is 6.92 Å². The zero-order valence-electron chi connectivity index (χ0n) is 12.1. The second-order valence-electron chi connectivity index (χ2n) is 5.85. The monoisotopic (exact) mass is 374 g/mol. The van der Waals surface area contributed by atoms with Crippen LogP contribution in [0.5, 0.6) is 0 Å². The van der Waals surface area contributed by atoms with Gasteiger partial charge in [-0.05, 0) is 44.4 Å². The van der Waals surface area contributed by atoms with E-state index in [4.69, 9.17) is 5.14 Å². The molecule has 1 aromatic carbocycles. The van der Waals surface area contributed by atoms with Gasteiger partial charge in [0.2, 0.25) is 10.0 Å². The molecule has 1 aliphatic rings. The van der Waals surface area contributed by atoms with Crippen molar-refractivity contribution in [3.63, 3.8) is 0 Å². The summed E-state index contributed by atoms with van der Waals surface area (Å²) in [7, 11) is -3.86. The quantitative estimate of drug-likeness (QED) is 0.851. The number of nitrogens with two attached hydrogens (primary N) is 1. The number of rotatable bonds is 3. The van der Waals surface area contributed by atoms with Crippen LogP contribution in [-0.2, 0) is 10.0 Å². The lowest BCUT2D eigenvalue weighted by atomic mass is 10.00. The molecule has 5 nitrogen and oxygen atoms in total. The second-order valence-corrected chi connectivity index (χ2v) is 8.23. The van der Waals surface area contributed by atoms with Gasteiger partial charge in [-0.2, -0.15) is 0 Å². The van der Waals surface area contributed by atoms with E-state index in [2.05, 4.69) is 21.2 Å². The van der Waals surface area contributed by atoms with E-state index in [0.717, 1.165) is 25.7 Å². The topological polar surface area (TPSA) is 89.3 Å². The summed E-state index contributed by atoms with van der Waals surface area (Å²) in [4.78, 5) is 12.4. The standard InChI is InChI=1S/C14H19BrN2O3S/c1-9-11(15)7-10(8-12(9)21(16,19)20)13(18)17-14(2)5-3-4-6-14/h7-8H,3-6H2,1-2H3,(H,17,18)(H2,16,19,20). The fraction of sp³-hybridized carbons (Fsp3) is 0.500. The van der Waals surface area contributed by atoms with E-state index in [0.29, 0.717) is 15.6 Å². The lowest BCUT2D eigenvalue weighted by Gasteiger charge is -2.25. The summed E-state index contributed by atoms with van der Waals surface area (Å²) in [5, 5.41) is 8.21. The molecule has 3 N–H and O–H groups in total. The molecule has 7 heteroatoms. The first kappa shape index (κ1) is 16.5. The van der Waals surface area contributed by atoms with Crippen molar-refractivity contribution in [1.82, 2.24) is 5.32 Å². The van der Waals surface area contributed by atoms with Gasteiger partial charge in [-0.3, -0.25) is 4.79 Å². The predicted molar refractivity (Wildman–Crippen MR) is 84.6 cm³/mol. The number of sulfonamides is 1. The molecule has 0 heterocycles. The number of hydrogen-bond donors (Lipinski definition) is 2. The summed E-state index contributed by atoms with van der Waals surface area (Å²) in [5.41, 5.74) is 0.585. The number of carbonyl (C=O) groups excluding carboxylic acids is 1. The predicted octanol–water partition coefficient (Wildman–Crippen LogP) is 2.47. The summed E-state index contributed by atoms with van der Waals surface area (Å²) in [5.74, 6) is -0.273. The van der Waals surface area contributed by atoms with E-state index in [1.54, 1.807) is 13.0 Å². The van der Waals surface area contributed by atoms with Gasteiger partial charge < -0.3 is 5.32 Å². The Labute approximate surface area is 133 Å². The van der Waals surface area contributed by atoms with Gasteiger partial charge in [0, 0.05) is 15.6 Å². The van der Waals surface area contributed by atoms with Crippen LogP contribution in [0.25, 0.3) is 0 Å². The number of amides is 1. The maximum absolute atomic E-state index is 12.4. The van der Waals surface area contributed by atoms with Crippen LogP contribution in [0.15, 0.2) is 21.5 Å². The molecule has 21 heavy (non-hydrogen) atoms. The maximum Gasteiger partial charge on any atom is 0.251 e. The average molecular weight is 375 g/mol. The highest BCUT2D eigenvalue weighted by atomic mass is 79.9. The molecule has 1 aromatic rings. The lowest BCUT2D eigenvalue weighted by molar-refractivity contribution is 0.0908. The molecule has 0 bridgehead atoms. The van der Waals surface area contributed by atoms with Gasteiger partial charge in [-0.15, -0.1) is 0 Å². The van der Waals surface area contributed by atoms with Crippen molar-refractivity contribution in [2.24, 2.45) is 5.14 Å². The smallest absolute Gasteiger partial charge is 0.251 e. The SMILES string of the molecule is Cc1c(Br)cc(C(=O)NC2(C)CCCC2)cc1S(N)(=O)=O. The summed E-state index contributed by atoms with van der Waals surface area (Å²) >= 11 is 3.28. The molecule has 2 rings (SSSR count). The number of benzene rings is 1. The fourth-order valence-corrected chi connectivity index (χ4v) is 4.13. The normalized spacial score (nSPS) is 17.7. The molecule has 0 spiro atoms. The van der Waals surface area contributed by atoms with Gasteiger partial charge >= 0.3 is 0 Å². The van der Waals surface area contributed by atoms with E-state index < -0.39 is 10.0 Å². The van der Waals surface area contributed by atoms with Gasteiger partial charge in [0.05, 0.1) is 4.90 Å². The summed E-state index contributed by atoms with van der Waals surface area (Å²) in [6.07, 6.45) is 4.06. The second kappa shape index (κ2) is 5.70. The van der Waals surface area contributed by atoms with Crippen LogP contribution in [0.3, 0.4) is 0 Å². The van der Waals surface area contributed by atoms with Gasteiger partial charge in [-0.1, -0.05) is 28.8 Å². The number of carbonyl (C=O) groups is 1. The zero-order chi connectivity index (χ0) is 15.8. The Morgan fingerprint density at radius 3 is 2.43 bits per heavy atom. The summed E-state index contributed by atoms with van der Waals surface area (Å²) in [6.45, 7) is 3.66. The summed E-state index contributed by atoms with van der Waals surface area (Å²) < 4.78 is 23.8. The third-order valence-electron chi connectivity index (χ3n) is 3.99. The number of primary sulfonamides is 1. The Morgan fingerprint density at radius 1 is 1.33 bits per heavy atom. The fourth-order valence-electron chi connectivity index (χ4n) is 2.71. The summed E-state index contributed by atoms with van der Waals surface area (Å²) in [6, 6.07) is 2.96. The first-order chi connectivity index (χ1) is 9.62. The number of halogens is 1. The molecule has 0 unspecified atom stereocenters. The van der Waals surface area contributed by atoms with Crippen molar-refractivity contribution in [2.75, 3.05) is 0 Å². The molecule has 116 valence electrons. The molecule has 1 aliphatic carbocycles. The molecule has 1 saturated carbocycles. The van der Waals surface area contributed by atoms with E-state index in [1.807, 2.05) is 6.92 Å². The largest absolute Gasteiger partial charge is 0.347 e. The van der Waals surface area contributed by atoms with Crippen LogP contribution in [0.4, 0.5) is 0 Å². The minimum atomic E-state index is -3.86. The van der Waals surface area contributed by atoms with Crippen molar-refractivity contribution in [3.05, 3.63) is 27.7 Å². The minimum Gasteiger partial charge on any atom is -0.347 e. The van der Waals surface area contributed by atoms with Crippen molar-refractivity contribution in [2.45, 2.75) is 50.0 Å². The van der Waals surface area contributed by atoms with Crippen LogP contribution in [-0.4, -0.2) is 19.9 Å². The third-order valence-corrected chi connectivity index (χ3v) is 5.85. The first-order valence-electron chi connectivity index (χ1n) is 6.78. The highest BCUT2D eigenvalue weighted by Gasteiger charge is 2.31. The van der Waals surface area contributed by atoms with E-state index in [-0.39, 0.29) is 16.3 Å². The molecule has 0 aromatic heterocycles. The number of hydrogen-bond acceptors (Lipinski definition) is 3. The molecule has 1 amide bonds. The van der Waals surface area contributed by atoms with Crippen LogP contribution >= 0.6 is 15.9 Å². The Bertz CT molecular complexity index is 680. The van der Waals surface area contributed by atoms with Crippen LogP contribution in [0.1, 0.15) is 48.5 Å². The maximum atomic E-state index is 12.4. The molecular formula is C14H19BrN2O3S. The zero-order valence-corrected chi connectivity index (χ0v) is 14.5.